The molecular weight excluding hydrogens is 360 g/mol. The Morgan fingerprint density at radius 3 is 2.83 bits per heavy atom. The fraction of sp³-hybridized carbons (Fsp3) is 0.680. The minimum Gasteiger partial charge on any atom is -0.495 e. The van der Waals surface area contributed by atoms with Gasteiger partial charge in [0.05, 0.1) is 13.3 Å². The zero-order valence-electron chi connectivity index (χ0n) is 18.1. The molecule has 3 unspecified atom stereocenters. The van der Waals surface area contributed by atoms with Crippen molar-refractivity contribution < 1.29 is 9.53 Å². The predicted octanol–water partition coefficient (Wildman–Crippen LogP) is 5.09. The van der Waals surface area contributed by atoms with E-state index < -0.39 is 0 Å². The Morgan fingerprint density at radius 1 is 1.14 bits per heavy atom. The average molecular weight is 395 g/mol. The number of piperidine rings is 1. The number of hydrogen-bond donors (Lipinski definition) is 0. The molecule has 1 saturated carbocycles. The molecule has 5 rings (SSSR count). The van der Waals surface area contributed by atoms with Crippen molar-refractivity contribution in [3.05, 3.63) is 30.1 Å². The lowest BCUT2D eigenvalue weighted by molar-refractivity contribution is -0.150. The minimum absolute atomic E-state index is 0.0676. The van der Waals surface area contributed by atoms with Gasteiger partial charge in [-0.15, -0.1) is 0 Å². The van der Waals surface area contributed by atoms with Crippen LogP contribution < -0.4 is 4.74 Å². The molecule has 156 valence electrons. The summed E-state index contributed by atoms with van der Waals surface area (Å²) in [6.07, 6.45) is 15.2. The molecule has 2 saturated heterocycles. The molecule has 0 N–H and O–H groups in total. The molecule has 2 aliphatic carbocycles. The van der Waals surface area contributed by atoms with Crippen LogP contribution in [0.4, 0.5) is 0 Å². The first kappa shape index (κ1) is 19.1. The van der Waals surface area contributed by atoms with Crippen molar-refractivity contribution in [1.29, 1.82) is 0 Å². The Hall–Kier alpha value is -1.84. The standard InChI is InChI=1S/C25H34N2O2/c1-24-12-9-22-19(10-13-27-23(28)6-4-5-11-25(22,27)2)21(24)8-7-20(24)17-14-18(29-3)16-26-15-17/h7,14-16,19,21-22H,4-6,8-13H2,1-3H3/t19?,21?,22?,24-,25-/m1/s1. The van der Waals surface area contributed by atoms with Gasteiger partial charge in [0.25, 0.3) is 0 Å². The van der Waals surface area contributed by atoms with E-state index in [2.05, 4.69) is 35.9 Å². The minimum atomic E-state index is 0.0676. The quantitative estimate of drug-likeness (QED) is 0.701. The number of methoxy groups -OCH3 is 1. The number of fused-ring (bicyclic) bond motifs is 5. The summed E-state index contributed by atoms with van der Waals surface area (Å²) in [5.74, 6) is 3.28. The number of pyridine rings is 1. The zero-order chi connectivity index (χ0) is 20.2. The number of carbonyl (C=O) groups is 1. The smallest absolute Gasteiger partial charge is 0.223 e. The van der Waals surface area contributed by atoms with Gasteiger partial charge in [0.15, 0.2) is 0 Å². The Labute approximate surface area is 174 Å². The second-order valence-corrected chi connectivity index (χ2v) is 10.2. The van der Waals surface area contributed by atoms with Gasteiger partial charge in [0, 0.05) is 24.7 Å². The van der Waals surface area contributed by atoms with Gasteiger partial charge in [0.1, 0.15) is 5.75 Å². The fourth-order valence-electron chi connectivity index (χ4n) is 7.51. The molecular formula is C25H34N2O2. The molecule has 1 aromatic rings. The van der Waals surface area contributed by atoms with E-state index in [0.717, 1.165) is 31.6 Å². The third-order valence-electron chi connectivity index (χ3n) is 9.00. The molecule has 0 aromatic carbocycles. The third kappa shape index (κ3) is 2.78. The summed E-state index contributed by atoms with van der Waals surface area (Å²) in [5.41, 5.74) is 2.97. The Kier molecular flexibility index (Phi) is 4.52. The van der Waals surface area contributed by atoms with E-state index in [1.807, 2.05) is 6.20 Å². The van der Waals surface area contributed by atoms with E-state index in [0.29, 0.717) is 23.7 Å². The first-order chi connectivity index (χ1) is 14.0. The van der Waals surface area contributed by atoms with Crippen molar-refractivity contribution in [2.45, 2.75) is 70.8 Å². The van der Waals surface area contributed by atoms with Gasteiger partial charge >= 0.3 is 0 Å². The average Bonchev–Trinajstić information content (AvgIpc) is 3.00. The number of carbonyl (C=O) groups excluding carboxylic acids is 1. The molecule has 29 heavy (non-hydrogen) atoms. The maximum Gasteiger partial charge on any atom is 0.223 e. The highest BCUT2D eigenvalue weighted by atomic mass is 16.5. The number of hydrogen-bond acceptors (Lipinski definition) is 3. The summed E-state index contributed by atoms with van der Waals surface area (Å²) in [6.45, 7) is 5.85. The van der Waals surface area contributed by atoms with Crippen molar-refractivity contribution >= 4 is 11.5 Å². The summed E-state index contributed by atoms with van der Waals surface area (Å²) >= 11 is 0. The molecule has 3 heterocycles. The lowest BCUT2D eigenvalue weighted by Crippen LogP contribution is -2.62. The maximum atomic E-state index is 12.8. The number of nitrogens with zero attached hydrogens (tertiary/aromatic N) is 2. The van der Waals surface area contributed by atoms with Gasteiger partial charge in [-0.3, -0.25) is 9.78 Å². The van der Waals surface area contributed by atoms with Crippen LogP contribution in [0.15, 0.2) is 24.5 Å². The van der Waals surface area contributed by atoms with Gasteiger partial charge < -0.3 is 9.64 Å². The lowest BCUT2D eigenvalue weighted by atomic mass is 9.52. The van der Waals surface area contributed by atoms with E-state index in [1.54, 1.807) is 13.3 Å². The van der Waals surface area contributed by atoms with Crippen LogP contribution in [-0.4, -0.2) is 35.0 Å². The number of aromatic nitrogens is 1. The van der Waals surface area contributed by atoms with Crippen molar-refractivity contribution in [1.82, 2.24) is 9.88 Å². The van der Waals surface area contributed by atoms with E-state index in [9.17, 15) is 4.79 Å². The SMILES string of the molecule is COc1cncc(C2=CCC3C4CCN5C(=O)CCCC[C@]5(C)C4CC[C@]23C)c1. The monoisotopic (exact) mass is 394 g/mol. The highest BCUT2D eigenvalue weighted by Gasteiger charge is 2.58. The van der Waals surface area contributed by atoms with Gasteiger partial charge in [0.2, 0.25) is 5.91 Å². The Morgan fingerprint density at radius 2 is 2.00 bits per heavy atom. The van der Waals surface area contributed by atoms with Crippen LogP contribution in [0.1, 0.15) is 70.8 Å². The second-order valence-electron chi connectivity index (χ2n) is 10.2. The van der Waals surface area contributed by atoms with Crippen LogP contribution in [0.2, 0.25) is 0 Å². The van der Waals surface area contributed by atoms with Crippen LogP contribution in [0.3, 0.4) is 0 Å². The summed E-state index contributed by atoms with van der Waals surface area (Å²) in [7, 11) is 1.71. The van der Waals surface area contributed by atoms with Gasteiger partial charge in [-0.05, 0) is 85.8 Å². The first-order valence-electron chi connectivity index (χ1n) is 11.5. The van der Waals surface area contributed by atoms with Crippen molar-refractivity contribution in [2.24, 2.45) is 23.2 Å². The van der Waals surface area contributed by atoms with Crippen molar-refractivity contribution in [3.63, 3.8) is 0 Å². The lowest BCUT2D eigenvalue weighted by Gasteiger charge is -2.59. The van der Waals surface area contributed by atoms with E-state index in [1.165, 1.54) is 43.2 Å². The van der Waals surface area contributed by atoms with Crippen LogP contribution in [-0.2, 0) is 4.79 Å². The molecule has 0 bridgehead atoms. The summed E-state index contributed by atoms with van der Waals surface area (Å²) in [4.78, 5) is 19.5. The topological polar surface area (TPSA) is 42.4 Å². The van der Waals surface area contributed by atoms with Gasteiger partial charge in [-0.1, -0.05) is 19.4 Å². The maximum absolute atomic E-state index is 12.8. The predicted molar refractivity (Wildman–Crippen MR) is 114 cm³/mol. The van der Waals surface area contributed by atoms with Gasteiger partial charge in [-0.2, -0.15) is 0 Å². The molecule has 0 spiro atoms. The molecule has 4 nitrogen and oxygen atoms in total. The summed E-state index contributed by atoms with van der Waals surface area (Å²) in [6, 6.07) is 2.15. The molecule has 4 heteroatoms. The highest BCUT2D eigenvalue weighted by Crippen LogP contribution is 2.63. The van der Waals surface area contributed by atoms with Crippen LogP contribution in [0.25, 0.3) is 5.57 Å². The zero-order valence-corrected chi connectivity index (χ0v) is 18.1. The number of allylic oxidation sites excluding steroid dienone is 2. The van der Waals surface area contributed by atoms with Gasteiger partial charge in [-0.25, -0.2) is 0 Å². The number of rotatable bonds is 2. The second kappa shape index (κ2) is 6.85. The van der Waals surface area contributed by atoms with Crippen LogP contribution >= 0.6 is 0 Å². The van der Waals surface area contributed by atoms with E-state index in [4.69, 9.17) is 4.74 Å². The largest absolute Gasteiger partial charge is 0.495 e. The molecule has 0 radical (unpaired) electrons. The fourth-order valence-corrected chi connectivity index (χ4v) is 7.51. The number of amides is 1. The molecule has 5 atom stereocenters. The Balaban J connectivity index is 1.45. The summed E-state index contributed by atoms with van der Waals surface area (Å²) < 4.78 is 5.44. The first-order valence-corrected chi connectivity index (χ1v) is 11.5. The number of ether oxygens (including phenoxy) is 1. The molecule has 2 aliphatic heterocycles. The Bertz CT molecular complexity index is 849. The van der Waals surface area contributed by atoms with Crippen molar-refractivity contribution in [2.75, 3.05) is 13.7 Å². The van der Waals surface area contributed by atoms with Crippen LogP contribution in [0, 0.1) is 23.2 Å². The molecule has 1 aromatic heterocycles. The highest BCUT2D eigenvalue weighted by molar-refractivity contribution is 5.78. The normalized spacial score (nSPS) is 39.1. The van der Waals surface area contributed by atoms with E-state index in [-0.39, 0.29) is 11.0 Å². The van der Waals surface area contributed by atoms with Crippen LogP contribution in [0.5, 0.6) is 5.75 Å². The third-order valence-corrected chi connectivity index (χ3v) is 9.00. The molecule has 4 aliphatic rings. The van der Waals surface area contributed by atoms with Crippen molar-refractivity contribution in [3.8, 4) is 5.75 Å². The molecule has 1 amide bonds. The molecule has 3 fully saturated rings. The van der Waals surface area contributed by atoms with E-state index >= 15 is 0 Å². The summed E-state index contributed by atoms with van der Waals surface area (Å²) in [5, 5.41) is 0.